The van der Waals surface area contributed by atoms with Crippen molar-refractivity contribution in [1.82, 2.24) is 14.9 Å². The molecule has 4 aromatic carbocycles. The lowest BCUT2D eigenvalue weighted by molar-refractivity contribution is -0.0121. The van der Waals surface area contributed by atoms with Crippen molar-refractivity contribution in [2.75, 3.05) is 0 Å². The van der Waals surface area contributed by atoms with Crippen LogP contribution in [0.25, 0.3) is 10.8 Å². The van der Waals surface area contributed by atoms with E-state index >= 15 is 0 Å². The zero-order valence-corrected chi connectivity index (χ0v) is 27.6. The van der Waals surface area contributed by atoms with Crippen molar-refractivity contribution < 1.29 is 19.2 Å². The highest BCUT2D eigenvalue weighted by Gasteiger charge is 2.46. The molecule has 0 saturated carbocycles. The normalized spacial score (nSPS) is 15.0. The van der Waals surface area contributed by atoms with Gasteiger partial charge in [0.25, 0.3) is 23.6 Å². The van der Waals surface area contributed by atoms with Crippen molar-refractivity contribution in [3.8, 4) is 0 Å². The fraction of sp³-hybridized carbons (Fsp3) is 0.333. The number of imide groups is 2. The largest absolute Gasteiger partial charge is 0.276 e. The predicted octanol–water partition coefficient (Wildman–Crippen LogP) is 7.85. The van der Waals surface area contributed by atoms with E-state index in [1.807, 2.05) is 95.3 Å². The molecule has 0 N–H and O–H groups in total. The zero-order valence-electron chi connectivity index (χ0n) is 27.6. The van der Waals surface area contributed by atoms with Crippen molar-refractivity contribution in [1.29, 1.82) is 0 Å². The summed E-state index contributed by atoms with van der Waals surface area (Å²) in [5, 5.41) is 3.97. The van der Waals surface area contributed by atoms with E-state index in [-0.39, 0.29) is 17.9 Å². The van der Waals surface area contributed by atoms with Gasteiger partial charge in [0, 0.05) is 29.9 Å². The van der Waals surface area contributed by atoms with Gasteiger partial charge in [-0.1, -0.05) is 86.8 Å². The number of amides is 4. The minimum Gasteiger partial charge on any atom is -0.271 e. The highest BCUT2D eigenvalue weighted by molar-refractivity contribution is 6.35. The number of unbranched alkanes of at least 4 members (excludes halogenated alkanes) is 2. The van der Waals surface area contributed by atoms with Gasteiger partial charge in [-0.3, -0.25) is 24.1 Å². The molecule has 1 unspecified atom stereocenters. The lowest BCUT2D eigenvalue weighted by atomic mass is 9.77. The molecule has 0 saturated heterocycles. The fourth-order valence-electron chi connectivity index (χ4n) is 7.22. The van der Waals surface area contributed by atoms with Crippen LogP contribution >= 0.6 is 0 Å². The monoisotopic (exact) mass is 615 g/mol. The van der Waals surface area contributed by atoms with Gasteiger partial charge in [-0.15, -0.1) is 0 Å². The second-order valence-electron chi connectivity index (χ2n) is 12.8. The summed E-state index contributed by atoms with van der Waals surface area (Å²) in [6, 6.07) is 19.3. The first-order chi connectivity index (χ1) is 22.1. The van der Waals surface area contributed by atoms with Gasteiger partial charge in [-0.2, -0.15) is 0 Å². The van der Waals surface area contributed by atoms with Crippen LogP contribution in [0.4, 0.5) is 0 Å². The standard InChI is InChI=1S/C39H41N3O4/c1-7-8-11-16-23(2)41-36(43)30-24(3)26(5)32-35-33(27(6)25(4)31(34(30)35)37(41)44)39(46)42(38(32)45)40(21-28-17-12-9-13-18-28)22-29-19-14-10-15-20-29/h9-10,12-15,17-20,23H,7-8,11,16,21-22H2,1-6H3. The van der Waals surface area contributed by atoms with Gasteiger partial charge in [-0.05, 0) is 74.4 Å². The molecule has 2 aliphatic heterocycles. The van der Waals surface area contributed by atoms with Crippen LogP contribution < -0.4 is 0 Å². The van der Waals surface area contributed by atoms with Crippen LogP contribution in [0.2, 0.25) is 0 Å². The van der Waals surface area contributed by atoms with Crippen molar-refractivity contribution >= 4 is 34.4 Å². The fourth-order valence-corrected chi connectivity index (χ4v) is 7.22. The Morgan fingerprint density at radius 1 is 0.587 bits per heavy atom. The quantitative estimate of drug-likeness (QED) is 0.134. The van der Waals surface area contributed by atoms with Crippen molar-refractivity contribution in [3.05, 3.63) is 116 Å². The molecule has 0 fully saturated rings. The van der Waals surface area contributed by atoms with Crippen molar-refractivity contribution in [2.24, 2.45) is 0 Å². The van der Waals surface area contributed by atoms with Gasteiger partial charge < -0.3 is 0 Å². The Hall–Kier alpha value is -4.62. The lowest BCUT2D eigenvalue weighted by Gasteiger charge is -2.40. The average Bonchev–Trinajstić information content (AvgIpc) is 3.03. The molecule has 1 atom stereocenters. The van der Waals surface area contributed by atoms with Crippen LogP contribution in [0.1, 0.15) is 114 Å². The smallest absolute Gasteiger partial charge is 0.271 e. The molecule has 0 bridgehead atoms. The maximum Gasteiger partial charge on any atom is 0.276 e. The number of hydrogen-bond donors (Lipinski definition) is 0. The molecular weight excluding hydrogens is 574 g/mol. The third-order valence-electron chi connectivity index (χ3n) is 9.92. The minimum atomic E-state index is -0.444. The first-order valence-electron chi connectivity index (χ1n) is 16.3. The molecule has 0 aliphatic carbocycles. The molecule has 4 amide bonds. The molecule has 0 aromatic heterocycles. The Bertz CT molecular complexity index is 1770. The molecule has 236 valence electrons. The molecule has 7 nitrogen and oxygen atoms in total. The van der Waals surface area contributed by atoms with Crippen LogP contribution in [0.5, 0.6) is 0 Å². The van der Waals surface area contributed by atoms with E-state index in [1.165, 1.54) is 9.91 Å². The second kappa shape index (κ2) is 12.3. The Morgan fingerprint density at radius 2 is 0.978 bits per heavy atom. The molecule has 2 heterocycles. The van der Waals surface area contributed by atoms with Gasteiger partial charge in [0.05, 0.1) is 22.3 Å². The Balaban J connectivity index is 1.55. The summed E-state index contributed by atoms with van der Waals surface area (Å²) in [5.74, 6) is -1.58. The number of hydrogen-bond acceptors (Lipinski definition) is 5. The molecule has 2 aliphatic rings. The molecule has 7 heteroatoms. The summed E-state index contributed by atoms with van der Waals surface area (Å²) in [4.78, 5) is 59.3. The Morgan fingerprint density at radius 3 is 1.37 bits per heavy atom. The average molecular weight is 616 g/mol. The van der Waals surface area contributed by atoms with E-state index < -0.39 is 11.8 Å². The van der Waals surface area contributed by atoms with E-state index in [2.05, 4.69) is 6.92 Å². The first-order valence-corrected chi connectivity index (χ1v) is 16.3. The summed E-state index contributed by atoms with van der Waals surface area (Å²) in [5.41, 5.74) is 6.18. The van der Waals surface area contributed by atoms with E-state index in [4.69, 9.17) is 0 Å². The number of carbonyl (C=O) groups is 4. The minimum absolute atomic E-state index is 0.273. The van der Waals surface area contributed by atoms with E-state index in [0.29, 0.717) is 68.4 Å². The summed E-state index contributed by atoms with van der Waals surface area (Å²) in [6.45, 7) is 12.1. The Labute approximate surface area is 270 Å². The molecule has 0 radical (unpaired) electrons. The van der Waals surface area contributed by atoms with Gasteiger partial charge >= 0.3 is 0 Å². The number of hydrazine groups is 1. The number of carbonyl (C=O) groups excluding carboxylic acids is 4. The van der Waals surface area contributed by atoms with E-state index in [0.717, 1.165) is 36.8 Å². The van der Waals surface area contributed by atoms with Crippen LogP contribution in [0.3, 0.4) is 0 Å². The van der Waals surface area contributed by atoms with Gasteiger partial charge in [-0.25, -0.2) is 10.0 Å². The topological polar surface area (TPSA) is 78.0 Å². The van der Waals surface area contributed by atoms with E-state index in [9.17, 15) is 19.2 Å². The summed E-state index contributed by atoms with van der Waals surface area (Å²) < 4.78 is 0. The molecule has 0 spiro atoms. The SMILES string of the molecule is CCCCCC(C)N1C(=O)c2c(C)c(C)c3c4c(c(C)c(C)c(c24)C1=O)C(=O)N(N(Cc1ccccc1)Cc1ccccc1)C3=O. The zero-order chi connectivity index (χ0) is 32.9. The van der Waals surface area contributed by atoms with Crippen LogP contribution in [-0.2, 0) is 13.1 Å². The Kier molecular flexibility index (Phi) is 8.38. The summed E-state index contributed by atoms with van der Waals surface area (Å²) >= 11 is 0. The van der Waals surface area contributed by atoms with E-state index in [1.54, 1.807) is 5.01 Å². The van der Waals surface area contributed by atoms with Crippen molar-refractivity contribution in [3.63, 3.8) is 0 Å². The molecule has 6 rings (SSSR count). The highest BCUT2D eigenvalue weighted by Crippen LogP contribution is 2.45. The molecule has 46 heavy (non-hydrogen) atoms. The van der Waals surface area contributed by atoms with Gasteiger partial charge in [0.15, 0.2) is 0 Å². The second-order valence-corrected chi connectivity index (χ2v) is 12.8. The van der Waals surface area contributed by atoms with Crippen LogP contribution in [-0.4, -0.2) is 44.6 Å². The first kappa shape index (κ1) is 31.4. The maximum atomic E-state index is 14.7. The highest BCUT2D eigenvalue weighted by atomic mass is 16.2. The summed E-state index contributed by atoms with van der Waals surface area (Å²) in [6.07, 6.45) is 3.72. The third kappa shape index (κ3) is 4.94. The van der Waals surface area contributed by atoms with Crippen molar-refractivity contribution in [2.45, 2.75) is 86.4 Å². The van der Waals surface area contributed by atoms with Crippen LogP contribution in [0.15, 0.2) is 60.7 Å². The maximum absolute atomic E-state index is 14.7. The number of rotatable bonds is 10. The summed E-state index contributed by atoms with van der Waals surface area (Å²) in [7, 11) is 0. The molecular formula is C39H41N3O4. The lowest BCUT2D eigenvalue weighted by Crippen LogP contribution is -2.52. The number of benzene rings is 4. The third-order valence-corrected chi connectivity index (χ3v) is 9.92. The predicted molar refractivity (Wildman–Crippen MR) is 180 cm³/mol. The van der Waals surface area contributed by atoms with Crippen LogP contribution in [0, 0.1) is 27.7 Å². The molecule has 4 aromatic rings. The number of nitrogens with zero attached hydrogens (tertiary/aromatic N) is 3. The van der Waals surface area contributed by atoms with Gasteiger partial charge in [0.1, 0.15) is 0 Å². The van der Waals surface area contributed by atoms with Gasteiger partial charge in [0.2, 0.25) is 0 Å².